The van der Waals surface area contributed by atoms with Crippen LogP contribution < -0.4 is 16.8 Å². The first-order valence-corrected chi connectivity index (χ1v) is 5.35. The predicted octanol–water partition coefficient (Wildman–Crippen LogP) is 0.458. The van der Waals surface area contributed by atoms with E-state index in [1.165, 1.54) is 11.1 Å². The number of carbonyl (C=O) groups excluding carboxylic acids is 1. The number of hydrogen-bond acceptors (Lipinski definition) is 3. The van der Waals surface area contributed by atoms with Gasteiger partial charge in [-0.15, -0.1) is 0 Å². The fourth-order valence-electron chi connectivity index (χ4n) is 1.46. The highest BCUT2D eigenvalue weighted by Gasteiger charge is 2.11. The van der Waals surface area contributed by atoms with Gasteiger partial charge >= 0.3 is 0 Å². The summed E-state index contributed by atoms with van der Waals surface area (Å²) in [4.78, 5) is 10.8. The second-order valence-corrected chi connectivity index (χ2v) is 4.05. The molecule has 88 valence electrons. The second-order valence-electron chi connectivity index (χ2n) is 4.05. The van der Waals surface area contributed by atoms with Gasteiger partial charge in [-0.25, -0.2) is 0 Å². The van der Waals surface area contributed by atoms with Crippen LogP contribution in [0.5, 0.6) is 0 Å². The Balaban J connectivity index is 2.52. The molecule has 2 atom stereocenters. The molecule has 0 radical (unpaired) electrons. The van der Waals surface area contributed by atoms with Crippen LogP contribution in [-0.4, -0.2) is 18.5 Å². The Morgan fingerprint density at radius 2 is 2.19 bits per heavy atom. The molecule has 1 aromatic rings. The smallest absolute Gasteiger partial charge is 0.235 e. The third-order valence-corrected chi connectivity index (χ3v) is 2.55. The molecule has 0 aliphatic heterocycles. The van der Waals surface area contributed by atoms with Gasteiger partial charge in [-0.2, -0.15) is 0 Å². The predicted molar refractivity (Wildman–Crippen MR) is 64.8 cm³/mol. The summed E-state index contributed by atoms with van der Waals surface area (Å²) in [6, 6.07) is 7.73. The van der Waals surface area contributed by atoms with Crippen LogP contribution in [0.2, 0.25) is 0 Å². The van der Waals surface area contributed by atoms with Gasteiger partial charge < -0.3 is 16.8 Å². The van der Waals surface area contributed by atoms with Gasteiger partial charge in [0.2, 0.25) is 5.91 Å². The molecule has 1 unspecified atom stereocenters. The summed E-state index contributed by atoms with van der Waals surface area (Å²) < 4.78 is 0. The minimum atomic E-state index is -0.632. The van der Waals surface area contributed by atoms with Crippen molar-refractivity contribution in [2.45, 2.75) is 25.9 Å². The van der Waals surface area contributed by atoms with E-state index in [0.29, 0.717) is 6.54 Å². The minimum Gasteiger partial charge on any atom is -0.368 e. The highest BCUT2D eigenvalue weighted by Crippen LogP contribution is 2.13. The van der Waals surface area contributed by atoms with E-state index in [1.54, 1.807) is 0 Å². The normalized spacial score (nSPS) is 14.4. The van der Waals surface area contributed by atoms with E-state index >= 15 is 0 Å². The maximum absolute atomic E-state index is 10.8. The lowest BCUT2D eigenvalue weighted by Gasteiger charge is -2.16. The van der Waals surface area contributed by atoms with Crippen LogP contribution in [0.3, 0.4) is 0 Å². The van der Waals surface area contributed by atoms with Crippen molar-refractivity contribution in [1.82, 2.24) is 5.32 Å². The van der Waals surface area contributed by atoms with Crippen LogP contribution in [0.25, 0.3) is 0 Å². The molecule has 0 heterocycles. The van der Waals surface area contributed by atoms with Gasteiger partial charge in [0.1, 0.15) is 0 Å². The minimum absolute atomic E-state index is 0.158. The fourth-order valence-corrected chi connectivity index (χ4v) is 1.46. The van der Waals surface area contributed by atoms with Crippen LogP contribution in [0.4, 0.5) is 0 Å². The molecule has 0 aliphatic rings. The summed E-state index contributed by atoms with van der Waals surface area (Å²) in [5.41, 5.74) is 13.0. The lowest BCUT2D eigenvalue weighted by atomic mass is 10.1. The van der Waals surface area contributed by atoms with Gasteiger partial charge in [-0.05, 0) is 19.4 Å². The van der Waals surface area contributed by atoms with Gasteiger partial charge in [0, 0.05) is 12.6 Å². The van der Waals surface area contributed by atoms with Crippen molar-refractivity contribution in [3.8, 4) is 0 Å². The Morgan fingerprint density at radius 3 is 2.75 bits per heavy atom. The van der Waals surface area contributed by atoms with Crippen molar-refractivity contribution < 1.29 is 4.79 Å². The number of nitrogens with two attached hydrogens (primary N) is 2. The van der Waals surface area contributed by atoms with E-state index in [2.05, 4.69) is 11.4 Å². The first kappa shape index (κ1) is 12.7. The molecule has 16 heavy (non-hydrogen) atoms. The number of hydrogen-bond donors (Lipinski definition) is 3. The molecule has 0 bridgehead atoms. The number of rotatable bonds is 5. The molecule has 0 fully saturated rings. The maximum atomic E-state index is 10.8. The Labute approximate surface area is 96.0 Å². The fraction of sp³-hybridized carbons (Fsp3) is 0.417. The molecule has 0 aromatic heterocycles. The Kier molecular flexibility index (Phi) is 4.46. The largest absolute Gasteiger partial charge is 0.368 e. The summed E-state index contributed by atoms with van der Waals surface area (Å²) in [7, 11) is 0. The van der Waals surface area contributed by atoms with Gasteiger partial charge in [0.25, 0.3) is 0 Å². The maximum Gasteiger partial charge on any atom is 0.235 e. The SMILES string of the molecule is Cc1cccc([C@@H](C)NCC(N)C(N)=O)c1. The number of nitrogens with one attached hydrogen (secondary N) is 1. The first-order chi connectivity index (χ1) is 7.50. The van der Waals surface area contributed by atoms with Crippen molar-refractivity contribution in [3.05, 3.63) is 35.4 Å². The van der Waals surface area contributed by atoms with Crippen LogP contribution in [0.1, 0.15) is 24.1 Å². The Hall–Kier alpha value is -1.39. The second kappa shape index (κ2) is 5.63. The molecule has 5 N–H and O–H groups in total. The number of primary amides is 1. The highest BCUT2D eigenvalue weighted by atomic mass is 16.1. The van der Waals surface area contributed by atoms with Crippen molar-refractivity contribution in [2.75, 3.05) is 6.54 Å². The monoisotopic (exact) mass is 221 g/mol. The van der Waals surface area contributed by atoms with Gasteiger partial charge in [-0.3, -0.25) is 4.79 Å². The van der Waals surface area contributed by atoms with Gasteiger partial charge in [0.15, 0.2) is 0 Å². The van der Waals surface area contributed by atoms with Crippen molar-refractivity contribution >= 4 is 5.91 Å². The molecule has 1 amide bonds. The summed E-state index contributed by atoms with van der Waals surface area (Å²) in [5, 5.41) is 3.18. The van der Waals surface area contributed by atoms with Gasteiger partial charge in [0.05, 0.1) is 6.04 Å². The third kappa shape index (κ3) is 3.64. The molecule has 0 spiro atoms. The Morgan fingerprint density at radius 1 is 1.50 bits per heavy atom. The lowest BCUT2D eigenvalue weighted by Crippen LogP contribution is -2.44. The van der Waals surface area contributed by atoms with E-state index in [-0.39, 0.29) is 6.04 Å². The molecule has 1 aromatic carbocycles. The first-order valence-electron chi connectivity index (χ1n) is 5.35. The van der Waals surface area contributed by atoms with E-state index in [4.69, 9.17) is 11.5 Å². The molecular weight excluding hydrogens is 202 g/mol. The topological polar surface area (TPSA) is 81.1 Å². The van der Waals surface area contributed by atoms with E-state index in [0.717, 1.165) is 0 Å². The number of benzene rings is 1. The third-order valence-electron chi connectivity index (χ3n) is 2.55. The summed E-state index contributed by atoms with van der Waals surface area (Å²) >= 11 is 0. The van der Waals surface area contributed by atoms with Crippen molar-refractivity contribution in [2.24, 2.45) is 11.5 Å². The zero-order valence-electron chi connectivity index (χ0n) is 9.73. The molecule has 1 rings (SSSR count). The zero-order chi connectivity index (χ0) is 12.1. The average molecular weight is 221 g/mol. The van der Waals surface area contributed by atoms with Crippen LogP contribution in [0, 0.1) is 6.92 Å². The molecule has 4 heteroatoms. The molecule has 4 nitrogen and oxygen atoms in total. The molecule has 0 saturated carbocycles. The zero-order valence-corrected chi connectivity index (χ0v) is 9.73. The summed E-state index contributed by atoms with van der Waals surface area (Å²) in [5.74, 6) is -0.482. The van der Waals surface area contributed by atoms with Crippen molar-refractivity contribution in [3.63, 3.8) is 0 Å². The average Bonchev–Trinajstić information content (AvgIpc) is 2.25. The molecule has 0 aliphatic carbocycles. The van der Waals surface area contributed by atoms with Crippen LogP contribution in [-0.2, 0) is 4.79 Å². The van der Waals surface area contributed by atoms with Crippen molar-refractivity contribution in [1.29, 1.82) is 0 Å². The Bertz CT molecular complexity index is 365. The van der Waals surface area contributed by atoms with E-state index in [9.17, 15) is 4.79 Å². The standard InChI is InChI=1S/C12H19N3O/c1-8-4-3-5-10(6-8)9(2)15-7-11(13)12(14)16/h3-6,9,11,15H,7,13H2,1-2H3,(H2,14,16)/t9-,11?/m1/s1. The summed E-state index contributed by atoms with van der Waals surface area (Å²) in [6.07, 6.45) is 0. The van der Waals surface area contributed by atoms with E-state index in [1.807, 2.05) is 32.0 Å². The number of amides is 1. The number of aryl methyl sites for hydroxylation is 1. The van der Waals surface area contributed by atoms with Gasteiger partial charge in [-0.1, -0.05) is 29.8 Å². The summed E-state index contributed by atoms with van der Waals surface area (Å²) in [6.45, 7) is 4.47. The number of carbonyl (C=O) groups is 1. The van der Waals surface area contributed by atoms with Crippen LogP contribution in [0.15, 0.2) is 24.3 Å². The van der Waals surface area contributed by atoms with E-state index < -0.39 is 11.9 Å². The lowest BCUT2D eigenvalue weighted by molar-refractivity contribution is -0.119. The quantitative estimate of drug-likeness (QED) is 0.675. The van der Waals surface area contributed by atoms with Crippen LogP contribution >= 0.6 is 0 Å². The molecular formula is C12H19N3O. The molecule has 0 saturated heterocycles. The highest BCUT2D eigenvalue weighted by molar-refractivity contribution is 5.79.